The number of carbonyl (C=O) groups is 3. The largest absolute Gasteiger partial charge is 0.465 e. The zero-order chi connectivity index (χ0) is 20.6. The minimum Gasteiger partial charge on any atom is -0.465 e. The van der Waals surface area contributed by atoms with E-state index in [0.29, 0.717) is 4.90 Å². The summed E-state index contributed by atoms with van der Waals surface area (Å²) < 4.78 is 42.2. The molecule has 2 heterocycles. The van der Waals surface area contributed by atoms with Gasteiger partial charge in [0.1, 0.15) is 11.5 Å². The lowest BCUT2D eigenvalue weighted by Gasteiger charge is -2.18. The van der Waals surface area contributed by atoms with Crippen molar-refractivity contribution in [2.75, 3.05) is 25.5 Å². The lowest BCUT2D eigenvalue weighted by Crippen LogP contribution is -2.36. The molecule has 1 unspecified atom stereocenters. The predicted molar refractivity (Wildman–Crippen MR) is 93.7 cm³/mol. The lowest BCUT2D eigenvalue weighted by atomic mass is 9.94. The molecular formula is C17H21F3N2O4S. The summed E-state index contributed by atoms with van der Waals surface area (Å²) in [4.78, 5) is 37.7. The zero-order valence-corrected chi connectivity index (χ0v) is 16.2. The van der Waals surface area contributed by atoms with E-state index >= 15 is 0 Å². The van der Waals surface area contributed by atoms with Gasteiger partial charge >= 0.3 is 12.1 Å². The smallest absolute Gasteiger partial charge is 0.406 e. The molecule has 0 aromatic carbocycles. The number of anilines is 1. The van der Waals surface area contributed by atoms with Gasteiger partial charge < -0.3 is 15.0 Å². The number of alkyl halides is 3. The molecule has 0 bridgehead atoms. The first-order valence-electron chi connectivity index (χ1n) is 8.20. The Morgan fingerprint density at radius 1 is 1.33 bits per heavy atom. The molecule has 0 aliphatic carbocycles. The Hall–Kier alpha value is -2.10. The molecule has 27 heavy (non-hydrogen) atoms. The van der Waals surface area contributed by atoms with Gasteiger partial charge in [0.25, 0.3) is 0 Å². The third-order valence-corrected chi connectivity index (χ3v) is 5.54. The second kappa shape index (κ2) is 7.49. The number of methoxy groups -OCH3 is 1. The molecule has 10 heteroatoms. The van der Waals surface area contributed by atoms with Gasteiger partial charge in [-0.3, -0.25) is 9.59 Å². The number of carbonyl (C=O) groups excluding carboxylic acids is 3. The van der Waals surface area contributed by atoms with Gasteiger partial charge in [-0.15, -0.1) is 11.3 Å². The molecule has 1 atom stereocenters. The van der Waals surface area contributed by atoms with Crippen LogP contribution in [-0.4, -0.2) is 49.1 Å². The predicted octanol–water partition coefficient (Wildman–Crippen LogP) is 3.18. The van der Waals surface area contributed by atoms with Crippen molar-refractivity contribution in [3.05, 3.63) is 16.5 Å². The Bertz CT molecular complexity index is 752. The average molecular weight is 406 g/mol. The molecule has 1 aromatic heterocycles. The van der Waals surface area contributed by atoms with Gasteiger partial charge in [0.2, 0.25) is 11.8 Å². The molecule has 0 radical (unpaired) electrons. The highest BCUT2D eigenvalue weighted by molar-refractivity contribution is 7.16. The lowest BCUT2D eigenvalue weighted by molar-refractivity contribution is -0.157. The summed E-state index contributed by atoms with van der Waals surface area (Å²) in [5.41, 5.74) is -0.0965. The molecule has 0 spiro atoms. The maximum Gasteiger partial charge on any atom is 0.406 e. The fourth-order valence-electron chi connectivity index (χ4n) is 2.65. The number of amides is 2. The number of nitrogens with zero attached hydrogens (tertiary/aromatic N) is 1. The number of halogens is 3. The van der Waals surface area contributed by atoms with Crippen LogP contribution in [0.15, 0.2) is 6.07 Å². The van der Waals surface area contributed by atoms with Crippen molar-refractivity contribution in [2.45, 2.75) is 38.8 Å². The second-order valence-corrected chi connectivity index (χ2v) is 8.43. The molecule has 6 nitrogen and oxygen atoms in total. The topological polar surface area (TPSA) is 75.7 Å². The van der Waals surface area contributed by atoms with E-state index in [1.54, 1.807) is 6.07 Å². The Balaban J connectivity index is 2.17. The standard InChI is InChI=1S/C17H21F3N2O4S/c1-16(2,3)11-6-10(15(25)26-4)14(27-11)21-13(24)9-5-12(23)22(7-9)8-17(18,19)20/h6,9H,5,7-8H2,1-4H3,(H,21,24). The number of rotatable bonds is 4. The van der Waals surface area contributed by atoms with E-state index in [4.69, 9.17) is 4.74 Å². The summed E-state index contributed by atoms with van der Waals surface area (Å²) in [5, 5.41) is 2.85. The van der Waals surface area contributed by atoms with Crippen molar-refractivity contribution in [3.8, 4) is 0 Å². The summed E-state index contributed by atoms with van der Waals surface area (Å²) in [5.74, 6) is -2.86. The number of likely N-dealkylation sites (tertiary alicyclic amines) is 1. The minimum atomic E-state index is -4.52. The molecule has 1 saturated heterocycles. The van der Waals surface area contributed by atoms with Crippen LogP contribution in [0, 0.1) is 5.92 Å². The van der Waals surface area contributed by atoms with Crippen molar-refractivity contribution >= 4 is 34.1 Å². The van der Waals surface area contributed by atoms with Gasteiger partial charge in [0.15, 0.2) is 0 Å². The number of ether oxygens (including phenoxy) is 1. The number of hydrogen-bond donors (Lipinski definition) is 1. The van der Waals surface area contributed by atoms with Crippen LogP contribution >= 0.6 is 11.3 Å². The fourth-order valence-corrected chi connectivity index (χ4v) is 3.75. The normalized spacial score (nSPS) is 18.0. The first kappa shape index (κ1) is 21.2. The highest BCUT2D eigenvalue weighted by Gasteiger charge is 2.41. The molecule has 1 N–H and O–H groups in total. The van der Waals surface area contributed by atoms with Crippen LogP contribution in [0.5, 0.6) is 0 Å². The Morgan fingerprint density at radius 3 is 2.48 bits per heavy atom. The summed E-state index contributed by atoms with van der Waals surface area (Å²) in [7, 11) is 1.22. The first-order valence-corrected chi connectivity index (χ1v) is 9.01. The Morgan fingerprint density at radius 2 is 1.96 bits per heavy atom. The van der Waals surface area contributed by atoms with E-state index in [9.17, 15) is 27.6 Å². The van der Waals surface area contributed by atoms with Crippen LogP contribution in [0.25, 0.3) is 0 Å². The maximum absolute atomic E-state index is 12.5. The Kier molecular flexibility index (Phi) is 5.88. The highest BCUT2D eigenvalue weighted by Crippen LogP contribution is 2.37. The van der Waals surface area contributed by atoms with Gasteiger partial charge in [-0.05, 0) is 11.5 Å². The fraction of sp³-hybridized carbons (Fsp3) is 0.588. The number of esters is 1. The van der Waals surface area contributed by atoms with E-state index < -0.39 is 36.4 Å². The number of thiophene rings is 1. The zero-order valence-electron chi connectivity index (χ0n) is 15.4. The van der Waals surface area contributed by atoms with Crippen LogP contribution < -0.4 is 5.32 Å². The summed E-state index contributed by atoms with van der Waals surface area (Å²) in [6.07, 6.45) is -4.82. The Labute approximate surface area is 158 Å². The molecule has 1 aliphatic heterocycles. The molecule has 1 aromatic rings. The number of hydrogen-bond acceptors (Lipinski definition) is 5. The number of nitrogens with one attached hydrogen (secondary N) is 1. The highest BCUT2D eigenvalue weighted by atomic mass is 32.1. The molecule has 0 saturated carbocycles. The van der Waals surface area contributed by atoms with E-state index in [-0.39, 0.29) is 28.9 Å². The van der Waals surface area contributed by atoms with Crippen molar-refractivity contribution < 1.29 is 32.3 Å². The van der Waals surface area contributed by atoms with Gasteiger partial charge in [-0.1, -0.05) is 20.8 Å². The third kappa shape index (κ3) is 5.21. The van der Waals surface area contributed by atoms with Crippen LogP contribution in [0.4, 0.5) is 18.2 Å². The van der Waals surface area contributed by atoms with Crippen molar-refractivity contribution in [1.82, 2.24) is 4.90 Å². The third-order valence-electron chi connectivity index (χ3n) is 4.07. The maximum atomic E-state index is 12.5. The van der Waals surface area contributed by atoms with E-state index in [1.165, 1.54) is 18.4 Å². The van der Waals surface area contributed by atoms with Gasteiger partial charge in [0.05, 0.1) is 18.6 Å². The van der Waals surface area contributed by atoms with Crippen molar-refractivity contribution in [2.24, 2.45) is 5.92 Å². The summed E-state index contributed by atoms with van der Waals surface area (Å²) in [6.45, 7) is 4.13. The van der Waals surface area contributed by atoms with Crippen LogP contribution in [0.1, 0.15) is 42.4 Å². The second-order valence-electron chi connectivity index (χ2n) is 7.37. The monoisotopic (exact) mass is 406 g/mol. The van der Waals surface area contributed by atoms with E-state index in [0.717, 1.165) is 4.88 Å². The molecule has 1 fully saturated rings. The van der Waals surface area contributed by atoms with Crippen LogP contribution in [0.3, 0.4) is 0 Å². The summed E-state index contributed by atoms with van der Waals surface area (Å²) >= 11 is 1.20. The average Bonchev–Trinajstić information content (AvgIpc) is 3.09. The van der Waals surface area contributed by atoms with E-state index in [1.807, 2.05) is 20.8 Å². The molecule has 1 aliphatic rings. The van der Waals surface area contributed by atoms with Crippen LogP contribution in [0.2, 0.25) is 0 Å². The van der Waals surface area contributed by atoms with E-state index in [2.05, 4.69) is 5.32 Å². The minimum absolute atomic E-state index is 0.178. The van der Waals surface area contributed by atoms with Crippen molar-refractivity contribution in [1.29, 1.82) is 0 Å². The SMILES string of the molecule is COC(=O)c1cc(C(C)(C)C)sc1NC(=O)C1CC(=O)N(CC(F)(F)F)C1. The van der Waals surface area contributed by atoms with Crippen molar-refractivity contribution in [3.63, 3.8) is 0 Å². The summed E-state index contributed by atoms with van der Waals surface area (Å²) in [6, 6.07) is 1.63. The molecule has 2 rings (SSSR count). The van der Waals surface area contributed by atoms with Gasteiger partial charge in [-0.25, -0.2) is 4.79 Å². The first-order chi connectivity index (χ1) is 12.3. The van der Waals surface area contributed by atoms with Gasteiger partial charge in [-0.2, -0.15) is 13.2 Å². The van der Waals surface area contributed by atoms with Crippen LogP contribution in [-0.2, 0) is 19.7 Å². The molecular weight excluding hydrogens is 385 g/mol. The molecule has 2 amide bonds. The van der Waals surface area contributed by atoms with Gasteiger partial charge in [0, 0.05) is 17.8 Å². The quantitative estimate of drug-likeness (QED) is 0.780. The molecule has 150 valence electrons.